The molecule has 0 aromatic rings. The summed E-state index contributed by atoms with van der Waals surface area (Å²) in [7, 11) is 0. The zero-order valence-electron chi connectivity index (χ0n) is 10.6. The van der Waals surface area contributed by atoms with Crippen LogP contribution in [0.1, 0.15) is 38.5 Å². The fourth-order valence-electron chi connectivity index (χ4n) is 3.55. The standard InChI is InChI=1S/C13H24N2O2/c14-8-11-4-3-7-15(11)9-12-10-16-13(17-12)5-1-2-6-13/h11-12H,1-10,14H2. The molecule has 2 aliphatic heterocycles. The lowest BCUT2D eigenvalue weighted by Gasteiger charge is -2.27. The van der Waals surface area contributed by atoms with Crippen LogP contribution in [-0.2, 0) is 9.47 Å². The highest BCUT2D eigenvalue weighted by Gasteiger charge is 2.44. The Hall–Kier alpha value is -0.160. The first-order chi connectivity index (χ1) is 8.31. The van der Waals surface area contributed by atoms with Gasteiger partial charge in [-0.05, 0) is 32.2 Å². The van der Waals surface area contributed by atoms with Crippen molar-refractivity contribution in [3.63, 3.8) is 0 Å². The summed E-state index contributed by atoms with van der Waals surface area (Å²) in [6.07, 6.45) is 7.47. The van der Waals surface area contributed by atoms with Crippen molar-refractivity contribution in [2.75, 3.05) is 26.2 Å². The molecule has 2 saturated heterocycles. The molecule has 98 valence electrons. The van der Waals surface area contributed by atoms with Gasteiger partial charge in [-0.15, -0.1) is 0 Å². The van der Waals surface area contributed by atoms with Crippen LogP contribution in [0.5, 0.6) is 0 Å². The predicted molar refractivity (Wildman–Crippen MR) is 65.7 cm³/mol. The predicted octanol–water partition coefficient (Wildman–Crippen LogP) is 1.10. The number of nitrogens with two attached hydrogens (primary N) is 1. The molecular weight excluding hydrogens is 216 g/mol. The summed E-state index contributed by atoms with van der Waals surface area (Å²) in [5, 5.41) is 0. The molecule has 17 heavy (non-hydrogen) atoms. The molecule has 2 unspecified atom stereocenters. The average molecular weight is 240 g/mol. The molecule has 4 heteroatoms. The van der Waals surface area contributed by atoms with Gasteiger partial charge in [-0.1, -0.05) is 0 Å². The maximum Gasteiger partial charge on any atom is 0.168 e. The molecule has 3 fully saturated rings. The molecule has 0 amide bonds. The number of hydrogen-bond acceptors (Lipinski definition) is 4. The Bertz CT molecular complexity index is 266. The Morgan fingerprint density at radius 3 is 2.82 bits per heavy atom. The van der Waals surface area contributed by atoms with Gasteiger partial charge >= 0.3 is 0 Å². The van der Waals surface area contributed by atoms with E-state index in [1.807, 2.05) is 0 Å². The molecule has 1 saturated carbocycles. The van der Waals surface area contributed by atoms with Crippen molar-refractivity contribution in [2.24, 2.45) is 5.73 Å². The minimum atomic E-state index is -0.206. The first kappa shape index (κ1) is 11.9. The van der Waals surface area contributed by atoms with E-state index >= 15 is 0 Å². The number of rotatable bonds is 3. The van der Waals surface area contributed by atoms with Crippen LogP contribution in [0.3, 0.4) is 0 Å². The van der Waals surface area contributed by atoms with Crippen molar-refractivity contribution in [3.05, 3.63) is 0 Å². The van der Waals surface area contributed by atoms with E-state index in [0.29, 0.717) is 6.04 Å². The zero-order chi connectivity index (χ0) is 11.7. The van der Waals surface area contributed by atoms with Gasteiger partial charge in [0.05, 0.1) is 12.7 Å². The Morgan fingerprint density at radius 2 is 2.06 bits per heavy atom. The highest BCUT2D eigenvalue weighted by molar-refractivity contribution is 4.87. The van der Waals surface area contributed by atoms with Gasteiger partial charge in [0, 0.05) is 32.0 Å². The van der Waals surface area contributed by atoms with Crippen molar-refractivity contribution < 1.29 is 9.47 Å². The highest BCUT2D eigenvalue weighted by Crippen LogP contribution is 2.39. The van der Waals surface area contributed by atoms with E-state index < -0.39 is 0 Å². The third-order valence-electron chi connectivity index (χ3n) is 4.49. The van der Waals surface area contributed by atoms with Crippen LogP contribution in [0.15, 0.2) is 0 Å². The Balaban J connectivity index is 1.53. The number of ether oxygens (including phenoxy) is 2. The summed E-state index contributed by atoms with van der Waals surface area (Å²) < 4.78 is 12.1. The molecule has 3 rings (SSSR count). The molecule has 4 nitrogen and oxygen atoms in total. The quantitative estimate of drug-likeness (QED) is 0.802. The summed E-state index contributed by atoms with van der Waals surface area (Å²) in [5.74, 6) is -0.206. The fraction of sp³-hybridized carbons (Fsp3) is 1.00. The normalized spacial score (nSPS) is 37.2. The molecule has 0 bridgehead atoms. The molecule has 1 spiro atoms. The van der Waals surface area contributed by atoms with Crippen molar-refractivity contribution in [1.29, 1.82) is 0 Å². The van der Waals surface area contributed by atoms with Crippen LogP contribution in [0.25, 0.3) is 0 Å². The SMILES string of the molecule is NCC1CCCN1CC1COC2(CCCC2)O1. The largest absolute Gasteiger partial charge is 0.347 e. The maximum absolute atomic E-state index is 6.16. The number of hydrogen-bond donors (Lipinski definition) is 1. The molecule has 2 atom stereocenters. The minimum absolute atomic E-state index is 0.206. The summed E-state index contributed by atoms with van der Waals surface area (Å²) >= 11 is 0. The van der Waals surface area contributed by atoms with Crippen LogP contribution in [0.4, 0.5) is 0 Å². The van der Waals surface area contributed by atoms with E-state index in [9.17, 15) is 0 Å². The molecule has 2 N–H and O–H groups in total. The summed E-state index contributed by atoms with van der Waals surface area (Å²) in [6, 6.07) is 0.568. The molecule has 0 aromatic carbocycles. The van der Waals surface area contributed by atoms with E-state index in [1.54, 1.807) is 0 Å². The highest BCUT2D eigenvalue weighted by atomic mass is 16.7. The molecule has 3 aliphatic rings. The van der Waals surface area contributed by atoms with Gasteiger partial charge in [-0.2, -0.15) is 0 Å². The number of nitrogens with zero attached hydrogens (tertiary/aromatic N) is 1. The smallest absolute Gasteiger partial charge is 0.168 e. The first-order valence-electron chi connectivity index (χ1n) is 7.07. The maximum atomic E-state index is 6.16. The van der Waals surface area contributed by atoms with E-state index in [2.05, 4.69) is 4.90 Å². The minimum Gasteiger partial charge on any atom is -0.347 e. The van der Waals surface area contributed by atoms with Crippen molar-refractivity contribution in [2.45, 2.75) is 56.5 Å². The van der Waals surface area contributed by atoms with Gasteiger partial charge in [0.1, 0.15) is 0 Å². The van der Waals surface area contributed by atoms with Gasteiger partial charge in [0.2, 0.25) is 0 Å². The molecule has 2 heterocycles. The Morgan fingerprint density at radius 1 is 1.24 bits per heavy atom. The van der Waals surface area contributed by atoms with Crippen LogP contribution >= 0.6 is 0 Å². The van der Waals surface area contributed by atoms with Crippen LogP contribution in [0.2, 0.25) is 0 Å². The lowest BCUT2D eigenvalue weighted by Crippen LogP contribution is -2.41. The van der Waals surface area contributed by atoms with E-state index in [1.165, 1.54) is 32.2 Å². The Kier molecular flexibility index (Phi) is 3.39. The summed E-state index contributed by atoms with van der Waals surface area (Å²) in [6.45, 7) is 3.73. The van der Waals surface area contributed by atoms with Gasteiger partial charge in [-0.3, -0.25) is 4.90 Å². The van der Waals surface area contributed by atoms with Crippen LogP contribution < -0.4 is 5.73 Å². The second-order valence-electron chi connectivity index (χ2n) is 5.70. The van der Waals surface area contributed by atoms with Gasteiger partial charge in [0.15, 0.2) is 5.79 Å². The zero-order valence-corrected chi connectivity index (χ0v) is 10.6. The summed E-state index contributed by atoms with van der Waals surface area (Å²) in [5.41, 5.74) is 5.80. The summed E-state index contributed by atoms with van der Waals surface area (Å²) in [4.78, 5) is 2.49. The molecule has 1 aliphatic carbocycles. The van der Waals surface area contributed by atoms with Crippen molar-refractivity contribution in [3.8, 4) is 0 Å². The van der Waals surface area contributed by atoms with Gasteiger partial charge < -0.3 is 15.2 Å². The van der Waals surface area contributed by atoms with E-state index in [0.717, 1.165) is 32.5 Å². The lowest BCUT2D eigenvalue weighted by molar-refractivity contribution is -0.163. The van der Waals surface area contributed by atoms with E-state index in [-0.39, 0.29) is 11.9 Å². The van der Waals surface area contributed by atoms with Crippen LogP contribution in [-0.4, -0.2) is 49.1 Å². The topological polar surface area (TPSA) is 47.7 Å². The monoisotopic (exact) mass is 240 g/mol. The molecule has 0 radical (unpaired) electrons. The van der Waals surface area contributed by atoms with Crippen molar-refractivity contribution >= 4 is 0 Å². The lowest BCUT2D eigenvalue weighted by atomic mass is 10.2. The fourth-order valence-corrected chi connectivity index (χ4v) is 3.55. The van der Waals surface area contributed by atoms with Crippen LogP contribution in [0, 0.1) is 0 Å². The third-order valence-corrected chi connectivity index (χ3v) is 4.49. The van der Waals surface area contributed by atoms with E-state index in [4.69, 9.17) is 15.2 Å². The third kappa shape index (κ3) is 2.36. The molecule has 0 aromatic heterocycles. The number of likely N-dealkylation sites (tertiary alicyclic amines) is 1. The Labute approximate surface area is 103 Å². The molecular formula is C13H24N2O2. The second kappa shape index (κ2) is 4.84. The van der Waals surface area contributed by atoms with Gasteiger partial charge in [-0.25, -0.2) is 0 Å². The second-order valence-corrected chi connectivity index (χ2v) is 5.70. The average Bonchev–Trinajstić information content (AvgIpc) is 3.03. The van der Waals surface area contributed by atoms with Crippen molar-refractivity contribution in [1.82, 2.24) is 4.90 Å². The van der Waals surface area contributed by atoms with Gasteiger partial charge in [0.25, 0.3) is 0 Å². The first-order valence-corrected chi connectivity index (χ1v) is 7.07.